The number of nitrogens with zero attached hydrogens (tertiary/aromatic N) is 3. The highest BCUT2D eigenvalue weighted by Gasteiger charge is 2.31. The van der Waals surface area contributed by atoms with Crippen LogP contribution in [-0.2, 0) is 16.1 Å². The molecule has 1 fully saturated rings. The Hall–Kier alpha value is -3.32. The van der Waals surface area contributed by atoms with Crippen molar-refractivity contribution in [2.45, 2.75) is 11.4 Å². The molecule has 6 nitrogen and oxygen atoms in total. The molecule has 2 amide bonds. The molecular formula is C23H22N4O2S. The molecule has 30 heavy (non-hydrogen) atoms. The second kappa shape index (κ2) is 8.59. The van der Waals surface area contributed by atoms with Crippen LogP contribution in [0.1, 0.15) is 11.1 Å². The van der Waals surface area contributed by atoms with Crippen LogP contribution in [0.25, 0.3) is 17.0 Å². The van der Waals surface area contributed by atoms with Gasteiger partial charge in [-0.05, 0) is 35.4 Å². The molecule has 0 saturated carbocycles. The highest BCUT2D eigenvalue weighted by Crippen LogP contribution is 2.21. The van der Waals surface area contributed by atoms with Crippen molar-refractivity contribution in [3.05, 3.63) is 71.9 Å². The summed E-state index contributed by atoms with van der Waals surface area (Å²) in [6.07, 6.45) is 5.49. The first-order valence-electron chi connectivity index (χ1n) is 9.68. The Labute approximate surface area is 180 Å². The summed E-state index contributed by atoms with van der Waals surface area (Å²) >= 11 is 4.27. The van der Waals surface area contributed by atoms with Crippen molar-refractivity contribution < 1.29 is 9.59 Å². The van der Waals surface area contributed by atoms with Crippen molar-refractivity contribution in [3.63, 3.8) is 0 Å². The van der Waals surface area contributed by atoms with Crippen LogP contribution in [-0.4, -0.2) is 46.2 Å². The molecule has 0 atom stereocenters. The van der Waals surface area contributed by atoms with E-state index in [0.29, 0.717) is 31.9 Å². The van der Waals surface area contributed by atoms with Crippen LogP contribution in [0, 0.1) is 0 Å². The number of benzene rings is 2. The monoisotopic (exact) mass is 418 g/mol. The van der Waals surface area contributed by atoms with Gasteiger partial charge in [-0.1, -0.05) is 36.4 Å². The van der Waals surface area contributed by atoms with Gasteiger partial charge in [0.1, 0.15) is 0 Å². The second-order valence-corrected chi connectivity index (χ2v) is 7.74. The number of thiol groups is 1. The number of anilines is 1. The van der Waals surface area contributed by atoms with Gasteiger partial charge in [-0.2, -0.15) is 0 Å². The fraction of sp³-hybridized carbons (Fsp3) is 0.174. The number of piperazine rings is 1. The van der Waals surface area contributed by atoms with Crippen molar-refractivity contribution in [1.29, 1.82) is 0 Å². The molecule has 4 rings (SSSR count). The van der Waals surface area contributed by atoms with Crippen LogP contribution in [0.2, 0.25) is 0 Å². The van der Waals surface area contributed by atoms with E-state index in [1.807, 2.05) is 54.6 Å². The largest absolute Gasteiger partial charge is 0.398 e. The van der Waals surface area contributed by atoms with Crippen LogP contribution in [0.15, 0.2) is 65.7 Å². The van der Waals surface area contributed by atoms with Gasteiger partial charge in [-0.25, -0.2) is 0 Å². The molecule has 0 radical (unpaired) electrons. The van der Waals surface area contributed by atoms with Gasteiger partial charge in [-0.15, -0.1) is 12.6 Å². The first-order chi connectivity index (χ1) is 14.5. The minimum atomic E-state index is -0.477. The zero-order chi connectivity index (χ0) is 21.1. The van der Waals surface area contributed by atoms with Crippen LogP contribution >= 0.6 is 12.6 Å². The third kappa shape index (κ3) is 4.31. The van der Waals surface area contributed by atoms with Gasteiger partial charge >= 0.3 is 11.8 Å². The molecule has 0 aliphatic carbocycles. The predicted molar refractivity (Wildman–Crippen MR) is 121 cm³/mol. The zero-order valence-electron chi connectivity index (χ0n) is 16.4. The maximum atomic E-state index is 12.6. The van der Waals surface area contributed by atoms with Crippen molar-refractivity contribution in [3.8, 4) is 0 Å². The molecule has 7 heteroatoms. The maximum absolute atomic E-state index is 12.6. The van der Waals surface area contributed by atoms with E-state index in [9.17, 15) is 9.59 Å². The number of nitrogen functional groups attached to an aromatic ring is 1. The van der Waals surface area contributed by atoms with E-state index in [1.54, 1.807) is 22.1 Å². The van der Waals surface area contributed by atoms with Crippen LogP contribution in [0.3, 0.4) is 0 Å². The minimum Gasteiger partial charge on any atom is -0.398 e. The number of rotatable bonds is 5. The lowest BCUT2D eigenvalue weighted by Crippen LogP contribution is -2.53. The number of hydrogen-bond donors (Lipinski definition) is 2. The summed E-state index contributed by atoms with van der Waals surface area (Å²) in [7, 11) is 0. The molecule has 1 aliphatic heterocycles. The summed E-state index contributed by atoms with van der Waals surface area (Å²) in [5.74, 6) is -0.950. The molecule has 0 bridgehead atoms. The van der Waals surface area contributed by atoms with E-state index < -0.39 is 11.8 Å². The quantitative estimate of drug-likeness (QED) is 0.493. The number of carbonyl (C=O) groups excluding carboxylic acids is 2. The number of fused-ring (bicyclic) bond motifs is 1. The van der Waals surface area contributed by atoms with E-state index >= 15 is 0 Å². The van der Waals surface area contributed by atoms with Gasteiger partial charge in [0.2, 0.25) is 0 Å². The number of nitrogens with two attached hydrogens (primary N) is 1. The lowest BCUT2D eigenvalue weighted by Gasteiger charge is -2.33. The lowest BCUT2D eigenvalue weighted by atomic mass is 10.1. The van der Waals surface area contributed by atoms with Gasteiger partial charge in [0.25, 0.3) is 0 Å². The number of aromatic nitrogens is 1. The smallest absolute Gasteiger partial charge is 0.312 e. The van der Waals surface area contributed by atoms with Gasteiger partial charge in [0.15, 0.2) is 0 Å². The van der Waals surface area contributed by atoms with Gasteiger partial charge in [0.05, 0.1) is 5.52 Å². The molecule has 152 valence electrons. The lowest BCUT2D eigenvalue weighted by molar-refractivity contribution is -0.156. The number of pyridine rings is 1. The number of hydrogen-bond acceptors (Lipinski definition) is 5. The highest BCUT2D eigenvalue weighted by molar-refractivity contribution is 7.80. The van der Waals surface area contributed by atoms with E-state index in [1.165, 1.54) is 0 Å². The van der Waals surface area contributed by atoms with E-state index in [2.05, 4.69) is 17.6 Å². The highest BCUT2D eigenvalue weighted by atomic mass is 32.1. The molecule has 2 aromatic carbocycles. The molecule has 1 saturated heterocycles. The van der Waals surface area contributed by atoms with Crippen LogP contribution < -0.4 is 5.73 Å². The molecule has 3 aromatic rings. The first kappa shape index (κ1) is 20.0. The van der Waals surface area contributed by atoms with E-state index in [0.717, 1.165) is 26.9 Å². The predicted octanol–water partition coefficient (Wildman–Crippen LogP) is 2.99. The molecule has 2 heterocycles. The van der Waals surface area contributed by atoms with Crippen molar-refractivity contribution in [1.82, 2.24) is 14.8 Å². The molecule has 2 N–H and O–H groups in total. The summed E-state index contributed by atoms with van der Waals surface area (Å²) < 4.78 is 0. The molecule has 0 spiro atoms. The standard InChI is InChI=1S/C23H22N4O2S/c24-20-9-10-25-21-14-17(5-8-19(20)21)15-27-13-12-26(22(28)23(27)29)11-1-2-16-3-6-18(30)7-4-16/h1-10,14,30H,11-13,15H2,(H2,24,25)/b2-1+. The summed E-state index contributed by atoms with van der Waals surface area (Å²) in [6.45, 7) is 1.77. The maximum Gasteiger partial charge on any atom is 0.312 e. The molecule has 0 unspecified atom stereocenters. The van der Waals surface area contributed by atoms with Crippen molar-refractivity contribution in [2.75, 3.05) is 25.4 Å². The van der Waals surface area contributed by atoms with Crippen LogP contribution in [0.4, 0.5) is 5.69 Å². The fourth-order valence-electron chi connectivity index (χ4n) is 3.48. The third-order valence-electron chi connectivity index (χ3n) is 5.14. The Morgan fingerprint density at radius 3 is 2.53 bits per heavy atom. The Kier molecular flexibility index (Phi) is 5.72. The third-order valence-corrected chi connectivity index (χ3v) is 5.44. The zero-order valence-corrected chi connectivity index (χ0v) is 17.3. The summed E-state index contributed by atoms with van der Waals surface area (Å²) in [5.41, 5.74) is 9.36. The Morgan fingerprint density at radius 1 is 1.00 bits per heavy atom. The Morgan fingerprint density at radius 2 is 1.73 bits per heavy atom. The average molecular weight is 419 g/mol. The molecule has 1 aliphatic rings. The van der Waals surface area contributed by atoms with Gasteiger partial charge < -0.3 is 15.5 Å². The number of amides is 2. The SMILES string of the molecule is Nc1ccnc2cc(CN3CCN(C/C=C/c4ccc(S)cc4)C(=O)C3=O)ccc12. The summed E-state index contributed by atoms with van der Waals surface area (Å²) in [6, 6.07) is 15.2. The second-order valence-electron chi connectivity index (χ2n) is 7.22. The van der Waals surface area contributed by atoms with Crippen molar-refractivity contribution in [2.24, 2.45) is 0 Å². The van der Waals surface area contributed by atoms with Gasteiger partial charge in [0, 0.05) is 48.3 Å². The summed E-state index contributed by atoms with van der Waals surface area (Å²) in [4.78, 5) is 33.5. The van der Waals surface area contributed by atoms with Gasteiger partial charge in [-0.3, -0.25) is 14.6 Å². The topological polar surface area (TPSA) is 79.5 Å². The fourth-order valence-corrected chi connectivity index (χ4v) is 3.63. The Balaban J connectivity index is 1.38. The first-order valence-corrected chi connectivity index (χ1v) is 10.1. The molecule has 1 aromatic heterocycles. The van der Waals surface area contributed by atoms with Crippen LogP contribution in [0.5, 0.6) is 0 Å². The average Bonchev–Trinajstić information content (AvgIpc) is 2.74. The van der Waals surface area contributed by atoms with E-state index in [4.69, 9.17) is 5.73 Å². The number of carbonyl (C=O) groups is 2. The normalized spacial score (nSPS) is 14.8. The van der Waals surface area contributed by atoms with E-state index in [-0.39, 0.29) is 0 Å². The molecular weight excluding hydrogens is 396 g/mol. The minimum absolute atomic E-state index is 0.372. The summed E-state index contributed by atoms with van der Waals surface area (Å²) in [5, 5.41) is 0.879. The Bertz CT molecular complexity index is 1130. The van der Waals surface area contributed by atoms with Crippen molar-refractivity contribution >= 4 is 47.1 Å².